The first-order chi connectivity index (χ1) is 11.1. The molecule has 23 heavy (non-hydrogen) atoms. The maximum atomic E-state index is 12.9. The Bertz CT molecular complexity index is 638. The molecule has 2 rings (SSSR count). The van der Waals surface area contributed by atoms with E-state index in [2.05, 4.69) is 20.7 Å². The molecule has 2 N–H and O–H groups in total. The number of nitrogens with one attached hydrogen (secondary N) is 2. The van der Waals surface area contributed by atoms with E-state index >= 15 is 0 Å². The summed E-state index contributed by atoms with van der Waals surface area (Å²) in [5.74, 6) is 1.05. The van der Waals surface area contributed by atoms with Gasteiger partial charge in [0.2, 0.25) is 0 Å². The fourth-order valence-corrected chi connectivity index (χ4v) is 2.00. The monoisotopic (exact) mass is 319 g/mol. The molecule has 0 amide bonds. The zero-order valence-corrected chi connectivity index (χ0v) is 13.6. The minimum Gasteiger partial charge on any atom is -0.489 e. The van der Waals surface area contributed by atoms with E-state index in [4.69, 9.17) is 4.74 Å². The molecule has 0 spiro atoms. The van der Waals surface area contributed by atoms with Gasteiger partial charge in [0.15, 0.2) is 5.96 Å². The van der Waals surface area contributed by atoms with Crippen molar-refractivity contribution < 1.29 is 9.13 Å². The van der Waals surface area contributed by atoms with E-state index < -0.39 is 0 Å². The smallest absolute Gasteiger partial charge is 0.191 e. The average Bonchev–Trinajstić information content (AvgIpc) is 2.95. The van der Waals surface area contributed by atoms with E-state index in [1.807, 2.05) is 20.2 Å². The molecule has 124 valence electrons. The molecule has 2 aromatic rings. The number of guanidine groups is 1. The Labute approximate surface area is 135 Å². The molecule has 1 aromatic heterocycles. The number of ether oxygens (including phenoxy) is 1. The van der Waals surface area contributed by atoms with Gasteiger partial charge in [-0.1, -0.05) is 0 Å². The average molecular weight is 319 g/mol. The van der Waals surface area contributed by atoms with Crippen LogP contribution in [-0.2, 0) is 13.6 Å². The SMILES string of the molecule is CN=C(NCc1cnn(C)c1)NCC(C)Oc1ccc(F)cc1. The predicted molar refractivity (Wildman–Crippen MR) is 87.9 cm³/mol. The Hall–Kier alpha value is -2.57. The largest absolute Gasteiger partial charge is 0.489 e. The summed E-state index contributed by atoms with van der Waals surface area (Å²) in [6.45, 7) is 3.15. The molecule has 0 fully saturated rings. The molecular formula is C16H22FN5O. The molecule has 0 aliphatic heterocycles. The lowest BCUT2D eigenvalue weighted by atomic mass is 10.3. The highest BCUT2D eigenvalue weighted by atomic mass is 19.1. The summed E-state index contributed by atoms with van der Waals surface area (Å²) < 4.78 is 20.3. The van der Waals surface area contributed by atoms with Crippen LogP contribution < -0.4 is 15.4 Å². The second-order valence-corrected chi connectivity index (χ2v) is 5.21. The van der Waals surface area contributed by atoms with Gasteiger partial charge < -0.3 is 15.4 Å². The van der Waals surface area contributed by atoms with E-state index in [9.17, 15) is 4.39 Å². The van der Waals surface area contributed by atoms with Gasteiger partial charge in [-0.15, -0.1) is 0 Å². The van der Waals surface area contributed by atoms with Crippen LogP contribution in [0.2, 0.25) is 0 Å². The van der Waals surface area contributed by atoms with Gasteiger partial charge in [-0.2, -0.15) is 5.10 Å². The van der Waals surface area contributed by atoms with Crippen molar-refractivity contribution in [1.82, 2.24) is 20.4 Å². The van der Waals surface area contributed by atoms with Gasteiger partial charge in [-0.3, -0.25) is 9.67 Å². The van der Waals surface area contributed by atoms with Gasteiger partial charge in [0.1, 0.15) is 17.7 Å². The highest BCUT2D eigenvalue weighted by Gasteiger charge is 2.06. The fraction of sp³-hybridized carbons (Fsp3) is 0.375. The number of rotatable bonds is 6. The number of aromatic nitrogens is 2. The van der Waals surface area contributed by atoms with E-state index in [0.717, 1.165) is 5.56 Å². The van der Waals surface area contributed by atoms with Crippen molar-refractivity contribution in [1.29, 1.82) is 0 Å². The molecular weight excluding hydrogens is 297 g/mol. The Morgan fingerprint density at radius 3 is 2.70 bits per heavy atom. The van der Waals surface area contributed by atoms with E-state index in [0.29, 0.717) is 24.8 Å². The summed E-state index contributed by atoms with van der Waals surface area (Å²) in [6.07, 6.45) is 3.67. The quantitative estimate of drug-likeness (QED) is 0.628. The molecule has 1 unspecified atom stereocenters. The minimum atomic E-state index is -0.275. The van der Waals surface area contributed by atoms with Crippen LogP contribution >= 0.6 is 0 Å². The molecule has 1 atom stereocenters. The summed E-state index contributed by atoms with van der Waals surface area (Å²) >= 11 is 0. The summed E-state index contributed by atoms with van der Waals surface area (Å²) in [5, 5.41) is 10.5. The zero-order valence-electron chi connectivity index (χ0n) is 13.6. The first kappa shape index (κ1) is 16.8. The Kier molecular flexibility index (Phi) is 5.96. The van der Waals surface area contributed by atoms with Crippen LogP contribution in [0.5, 0.6) is 5.75 Å². The summed E-state index contributed by atoms with van der Waals surface area (Å²) in [6, 6.07) is 5.98. The van der Waals surface area contributed by atoms with Gasteiger partial charge in [-0.25, -0.2) is 4.39 Å². The fourth-order valence-electron chi connectivity index (χ4n) is 2.00. The Morgan fingerprint density at radius 1 is 1.35 bits per heavy atom. The standard InChI is InChI=1S/C16H22FN5O/c1-12(23-15-6-4-14(17)5-7-15)8-19-16(18-2)20-9-13-10-21-22(3)11-13/h4-7,10-12H,8-9H2,1-3H3,(H2,18,19,20). The third-order valence-corrected chi connectivity index (χ3v) is 3.15. The Morgan fingerprint density at radius 2 is 2.09 bits per heavy atom. The first-order valence-electron chi connectivity index (χ1n) is 7.41. The number of halogens is 1. The van der Waals surface area contributed by atoms with Crippen molar-refractivity contribution in [3.63, 3.8) is 0 Å². The molecule has 0 radical (unpaired) electrons. The molecule has 0 bridgehead atoms. The minimum absolute atomic E-state index is 0.0857. The first-order valence-corrected chi connectivity index (χ1v) is 7.41. The zero-order chi connectivity index (χ0) is 16.7. The predicted octanol–water partition coefficient (Wildman–Crippen LogP) is 1.69. The highest BCUT2D eigenvalue weighted by molar-refractivity contribution is 5.79. The van der Waals surface area contributed by atoms with Crippen molar-refractivity contribution in [2.24, 2.45) is 12.0 Å². The summed E-state index contributed by atoms with van der Waals surface area (Å²) in [7, 11) is 3.59. The lowest BCUT2D eigenvalue weighted by molar-refractivity contribution is 0.223. The molecule has 0 saturated heterocycles. The molecule has 6 nitrogen and oxygen atoms in total. The molecule has 1 heterocycles. The normalized spacial score (nSPS) is 12.8. The summed E-state index contributed by atoms with van der Waals surface area (Å²) in [5.41, 5.74) is 1.08. The molecule has 7 heteroatoms. The number of nitrogens with zero attached hydrogens (tertiary/aromatic N) is 3. The van der Waals surface area contributed by atoms with Crippen LogP contribution in [0.25, 0.3) is 0 Å². The number of benzene rings is 1. The van der Waals surface area contributed by atoms with Crippen LogP contribution in [0, 0.1) is 5.82 Å². The third kappa shape index (κ3) is 5.61. The van der Waals surface area contributed by atoms with E-state index in [1.54, 1.807) is 30.1 Å². The van der Waals surface area contributed by atoms with Crippen molar-refractivity contribution in [2.45, 2.75) is 19.6 Å². The van der Waals surface area contributed by atoms with Gasteiger partial charge in [0, 0.05) is 32.4 Å². The molecule has 0 aliphatic carbocycles. The van der Waals surface area contributed by atoms with Gasteiger partial charge in [0.25, 0.3) is 0 Å². The lowest BCUT2D eigenvalue weighted by Gasteiger charge is -2.17. The van der Waals surface area contributed by atoms with Crippen molar-refractivity contribution in [3.8, 4) is 5.75 Å². The number of aliphatic imine (C=N–C) groups is 1. The van der Waals surface area contributed by atoms with Crippen LogP contribution in [0.1, 0.15) is 12.5 Å². The van der Waals surface area contributed by atoms with Crippen molar-refractivity contribution in [2.75, 3.05) is 13.6 Å². The van der Waals surface area contributed by atoms with Crippen LogP contribution in [0.4, 0.5) is 4.39 Å². The van der Waals surface area contributed by atoms with E-state index in [-0.39, 0.29) is 11.9 Å². The highest BCUT2D eigenvalue weighted by Crippen LogP contribution is 2.12. The summed E-state index contributed by atoms with van der Waals surface area (Å²) in [4.78, 5) is 4.16. The third-order valence-electron chi connectivity index (χ3n) is 3.15. The van der Waals surface area contributed by atoms with Gasteiger partial charge >= 0.3 is 0 Å². The molecule has 0 saturated carbocycles. The van der Waals surface area contributed by atoms with E-state index in [1.165, 1.54) is 12.1 Å². The Balaban J connectivity index is 1.75. The topological polar surface area (TPSA) is 63.5 Å². The number of hydrogen-bond donors (Lipinski definition) is 2. The van der Waals surface area contributed by atoms with Crippen LogP contribution in [0.3, 0.4) is 0 Å². The maximum Gasteiger partial charge on any atom is 0.191 e. The lowest BCUT2D eigenvalue weighted by Crippen LogP contribution is -2.41. The van der Waals surface area contributed by atoms with Crippen molar-refractivity contribution in [3.05, 3.63) is 48.0 Å². The maximum absolute atomic E-state index is 12.9. The van der Waals surface area contributed by atoms with Crippen LogP contribution in [-0.4, -0.2) is 35.4 Å². The van der Waals surface area contributed by atoms with Gasteiger partial charge in [-0.05, 0) is 31.2 Å². The molecule has 1 aromatic carbocycles. The second-order valence-electron chi connectivity index (χ2n) is 5.21. The van der Waals surface area contributed by atoms with Crippen LogP contribution in [0.15, 0.2) is 41.7 Å². The second kappa shape index (κ2) is 8.17. The van der Waals surface area contributed by atoms with Crippen molar-refractivity contribution >= 4 is 5.96 Å². The van der Waals surface area contributed by atoms with Gasteiger partial charge in [0.05, 0.1) is 12.7 Å². The number of aryl methyl sites for hydroxylation is 1. The molecule has 0 aliphatic rings. The number of hydrogen-bond acceptors (Lipinski definition) is 3.